The lowest BCUT2D eigenvalue weighted by Gasteiger charge is -2.34. The molecule has 1 aromatic heterocycles. The van der Waals surface area contributed by atoms with Crippen LogP contribution in [0, 0.1) is 6.92 Å². The number of nitrogen functional groups attached to an aromatic ring is 1. The van der Waals surface area contributed by atoms with Crippen LogP contribution >= 0.6 is 0 Å². The number of carbonyl (C=O) groups excluding carboxylic acids is 1. The SMILES string of the molecule is Cc1cc(-c2cccc(N)n2)ccc1CCN1CCN(CC(=O)NC(C)C)CC1. The number of nitrogens with one attached hydrogen (secondary N) is 1. The summed E-state index contributed by atoms with van der Waals surface area (Å²) in [7, 11) is 0. The number of anilines is 1. The Morgan fingerprint density at radius 1 is 1.14 bits per heavy atom. The molecule has 0 spiro atoms. The average molecular weight is 396 g/mol. The maximum absolute atomic E-state index is 11.9. The summed E-state index contributed by atoms with van der Waals surface area (Å²) in [6, 6.07) is 12.5. The number of nitrogens with zero attached hydrogens (tertiary/aromatic N) is 3. The Kier molecular flexibility index (Phi) is 7.23. The molecule has 6 nitrogen and oxygen atoms in total. The number of carbonyl (C=O) groups is 1. The highest BCUT2D eigenvalue weighted by atomic mass is 16.2. The Morgan fingerprint density at radius 3 is 2.52 bits per heavy atom. The fourth-order valence-corrected chi connectivity index (χ4v) is 3.77. The predicted molar refractivity (Wildman–Crippen MR) is 119 cm³/mol. The van der Waals surface area contributed by atoms with Gasteiger partial charge < -0.3 is 16.0 Å². The maximum atomic E-state index is 11.9. The third kappa shape index (κ3) is 6.27. The second-order valence-electron chi connectivity index (χ2n) is 8.18. The monoisotopic (exact) mass is 395 g/mol. The van der Waals surface area contributed by atoms with Crippen LogP contribution in [0.4, 0.5) is 5.82 Å². The number of benzene rings is 1. The summed E-state index contributed by atoms with van der Waals surface area (Å²) < 4.78 is 0. The molecule has 1 aliphatic rings. The highest BCUT2D eigenvalue weighted by molar-refractivity contribution is 5.78. The van der Waals surface area contributed by atoms with Crippen molar-refractivity contribution >= 4 is 11.7 Å². The summed E-state index contributed by atoms with van der Waals surface area (Å²) in [5.74, 6) is 0.670. The van der Waals surface area contributed by atoms with E-state index in [4.69, 9.17) is 5.73 Å². The van der Waals surface area contributed by atoms with Crippen LogP contribution < -0.4 is 11.1 Å². The molecule has 0 unspecified atom stereocenters. The number of piperazine rings is 1. The number of aryl methyl sites for hydroxylation is 1. The number of hydrogen-bond acceptors (Lipinski definition) is 5. The molecule has 3 rings (SSSR count). The fourth-order valence-electron chi connectivity index (χ4n) is 3.77. The van der Waals surface area contributed by atoms with E-state index in [0.29, 0.717) is 12.4 Å². The molecule has 1 fully saturated rings. The van der Waals surface area contributed by atoms with Gasteiger partial charge in [-0.3, -0.25) is 9.69 Å². The van der Waals surface area contributed by atoms with Gasteiger partial charge in [0.2, 0.25) is 5.91 Å². The standard InChI is InChI=1S/C23H33N5O/c1-17(2)25-23(29)16-28-13-11-27(12-14-28)10-9-19-7-8-20(15-18(19)3)21-5-4-6-22(24)26-21/h4-8,15,17H,9-14,16H2,1-3H3,(H2,24,26)(H,25,29). The van der Waals surface area contributed by atoms with Gasteiger partial charge in [-0.25, -0.2) is 4.98 Å². The van der Waals surface area contributed by atoms with E-state index in [1.165, 1.54) is 11.1 Å². The minimum Gasteiger partial charge on any atom is -0.384 e. The van der Waals surface area contributed by atoms with E-state index in [2.05, 4.69) is 45.2 Å². The van der Waals surface area contributed by atoms with Crippen LogP contribution in [0.5, 0.6) is 0 Å². The van der Waals surface area contributed by atoms with Gasteiger partial charge in [-0.15, -0.1) is 0 Å². The van der Waals surface area contributed by atoms with E-state index < -0.39 is 0 Å². The van der Waals surface area contributed by atoms with Crippen LogP contribution in [-0.2, 0) is 11.2 Å². The molecule has 3 N–H and O–H groups in total. The quantitative estimate of drug-likeness (QED) is 0.753. The van der Waals surface area contributed by atoms with Crippen molar-refractivity contribution in [3.8, 4) is 11.3 Å². The summed E-state index contributed by atoms with van der Waals surface area (Å²) in [4.78, 5) is 21.1. The van der Waals surface area contributed by atoms with Crippen LogP contribution in [0.1, 0.15) is 25.0 Å². The van der Waals surface area contributed by atoms with Gasteiger partial charge in [-0.2, -0.15) is 0 Å². The maximum Gasteiger partial charge on any atom is 0.234 e. The lowest BCUT2D eigenvalue weighted by atomic mass is 10.0. The number of amides is 1. The molecular weight excluding hydrogens is 362 g/mol. The van der Waals surface area contributed by atoms with Crippen molar-refractivity contribution in [1.82, 2.24) is 20.1 Å². The number of hydrogen-bond donors (Lipinski definition) is 2. The molecule has 0 saturated carbocycles. The highest BCUT2D eigenvalue weighted by Gasteiger charge is 2.19. The largest absolute Gasteiger partial charge is 0.384 e. The van der Waals surface area contributed by atoms with Crippen LogP contribution in [0.2, 0.25) is 0 Å². The van der Waals surface area contributed by atoms with Gasteiger partial charge in [0.25, 0.3) is 0 Å². The Morgan fingerprint density at radius 2 is 1.86 bits per heavy atom. The molecular formula is C23H33N5O. The zero-order valence-electron chi connectivity index (χ0n) is 17.8. The molecule has 1 amide bonds. The summed E-state index contributed by atoms with van der Waals surface area (Å²) in [5.41, 5.74) is 10.5. The molecule has 156 valence electrons. The normalized spacial score (nSPS) is 15.6. The molecule has 0 atom stereocenters. The van der Waals surface area contributed by atoms with Crippen molar-refractivity contribution in [2.24, 2.45) is 0 Å². The van der Waals surface area contributed by atoms with Crippen molar-refractivity contribution in [2.75, 3.05) is 45.0 Å². The van der Waals surface area contributed by atoms with Gasteiger partial charge in [0.05, 0.1) is 12.2 Å². The third-order valence-electron chi connectivity index (χ3n) is 5.39. The molecule has 0 bridgehead atoms. The van der Waals surface area contributed by atoms with E-state index in [1.807, 2.05) is 26.0 Å². The van der Waals surface area contributed by atoms with Gasteiger partial charge in [0.15, 0.2) is 0 Å². The van der Waals surface area contributed by atoms with E-state index in [9.17, 15) is 4.79 Å². The van der Waals surface area contributed by atoms with Gasteiger partial charge in [0, 0.05) is 44.3 Å². The molecule has 29 heavy (non-hydrogen) atoms. The molecule has 0 aliphatic carbocycles. The summed E-state index contributed by atoms with van der Waals surface area (Å²) in [6.07, 6.45) is 1.03. The number of pyridine rings is 1. The van der Waals surface area contributed by atoms with Gasteiger partial charge in [0.1, 0.15) is 5.82 Å². The molecule has 0 radical (unpaired) electrons. The predicted octanol–water partition coefficient (Wildman–Crippen LogP) is 2.32. The first-order valence-electron chi connectivity index (χ1n) is 10.5. The number of aromatic nitrogens is 1. The van der Waals surface area contributed by atoms with E-state index in [0.717, 1.165) is 50.4 Å². The molecule has 2 aromatic rings. The van der Waals surface area contributed by atoms with Crippen molar-refractivity contribution < 1.29 is 4.79 Å². The minimum absolute atomic E-state index is 0.124. The number of rotatable bonds is 7. The molecule has 1 aliphatic heterocycles. The summed E-state index contributed by atoms with van der Waals surface area (Å²) in [5, 5.41) is 2.97. The highest BCUT2D eigenvalue weighted by Crippen LogP contribution is 2.22. The fraction of sp³-hybridized carbons (Fsp3) is 0.478. The van der Waals surface area contributed by atoms with E-state index in [-0.39, 0.29) is 11.9 Å². The van der Waals surface area contributed by atoms with Crippen LogP contribution in [0.3, 0.4) is 0 Å². The Labute approximate surface area is 174 Å². The summed E-state index contributed by atoms with van der Waals surface area (Å²) >= 11 is 0. The van der Waals surface area contributed by atoms with Gasteiger partial charge in [-0.1, -0.05) is 18.2 Å². The van der Waals surface area contributed by atoms with Crippen LogP contribution in [0.25, 0.3) is 11.3 Å². The van der Waals surface area contributed by atoms with Crippen molar-refractivity contribution in [1.29, 1.82) is 0 Å². The van der Waals surface area contributed by atoms with Crippen molar-refractivity contribution in [2.45, 2.75) is 33.2 Å². The topological polar surface area (TPSA) is 74.5 Å². The Balaban J connectivity index is 1.48. The lowest BCUT2D eigenvalue weighted by molar-refractivity contribution is -0.123. The number of nitrogens with two attached hydrogens (primary N) is 1. The lowest BCUT2D eigenvalue weighted by Crippen LogP contribution is -2.50. The Hall–Kier alpha value is -2.44. The average Bonchev–Trinajstić information content (AvgIpc) is 2.67. The zero-order valence-corrected chi connectivity index (χ0v) is 17.8. The molecule has 2 heterocycles. The van der Waals surface area contributed by atoms with Crippen molar-refractivity contribution in [3.05, 3.63) is 47.5 Å². The van der Waals surface area contributed by atoms with Crippen LogP contribution in [-0.4, -0.2) is 66.0 Å². The first kappa shape index (κ1) is 21.3. The first-order valence-corrected chi connectivity index (χ1v) is 10.5. The molecule has 1 aromatic carbocycles. The second-order valence-corrected chi connectivity index (χ2v) is 8.18. The van der Waals surface area contributed by atoms with Gasteiger partial charge >= 0.3 is 0 Å². The first-order chi connectivity index (χ1) is 13.9. The smallest absolute Gasteiger partial charge is 0.234 e. The molecule has 1 saturated heterocycles. The summed E-state index contributed by atoms with van der Waals surface area (Å²) in [6.45, 7) is 11.6. The van der Waals surface area contributed by atoms with E-state index in [1.54, 1.807) is 6.07 Å². The van der Waals surface area contributed by atoms with Crippen molar-refractivity contribution in [3.63, 3.8) is 0 Å². The third-order valence-corrected chi connectivity index (χ3v) is 5.39. The van der Waals surface area contributed by atoms with E-state index >= 15 is 0 Å². The molecule has 6 heteroatoms. The zero-order chi connectivity index (χ0) is 20.8. The van der Waals surface area contributed by atoms with Gasteiger partial charge in [-0.05, 0) is 56.5 Å². The second kappa shape index (κ2) is 9.85. The minimum atomic E-state index is 0.124. The van der Waals surface area contributed by atoms with Crippen LogP contribution in [0.15, 0.2) is 36.4 Å². The Bertz CT molecular complexity index is 828.